The topological polar surface area (TPSA) is 41.3 Å². The molecule has 0 aliphatic carbocycles. The number of imidazole rings is 1. The van der Waals surface area contributed by atoms with Gasteiger partial charge < -0.3 is 10.1 Å². The Morgan fingerprint density at radius 2 is 1.74 bits per heavy atom. The summed E-state index contributed by atoms with van der Waals surface area (Å²) in [5, 5.41) is 10.1. The van der Waals surface area contributed by atoms with Gasteiger partial charge in [-0.2, -0.15) is 4.73 Å². The van der Waals surface area contributed by atoms with Crippen molar-refractivity contribution < 1.29 is 5.21 Å². The fourth-order valence-electron chi connectivity index (χ4n) is 1.81. The van der Waals surface area contributed by atoms with Crippen LogP contribution in [0.5, 0.6) is 0 Å². The van der Waals surface area contributed by atoms with Crippen LogP contribution in [0.25, 0.3) is 11.4 Å². The lowest BCUT2D eigenvalue weighted by atomic mass is 10.2. The molecule has 0 spiro atoms. The molecule has 0 unspecified atom stereocenters. The van der Waals surface area contributed by atoms with Crippen LogP contribution in [0.2, 0.25) is 0 Å². The molecule has 0 saturated carbocycles. The van der Waals surface area contributed by atoms with Gasteiger partial charge in [0, 0.05) is 12.1 Å². The van der Waals surface area contributed by atoms with Gasteiger partial charge in [-0.1, -0.05) is 30.3 Å². The minimum atomic E-state index is 0. The van der Waals surface area contributed by atoms with Crippen LogP contribution < -0.4 is 0 Å². The van der Waals surface area contributed by atoms with Crippen LogP contribution in [0.1, 0.15) is 11.4 Å². The van der Waals surface area contributed by atoms with E-state index in [1.54, 1.807) is 0 Å². The summed E-state index contributed by atoms with van der Waals surface area (Å²) in [4.78, 5) is 6.43. The zero-order chi connectivity index (χ0) is 12.4. The van der Waals surface area contributed by atoms with Crippen molar-refractivity contribution in [1.82, 2.24) is 14.6 Å². The molecule has 106 valence electrons. The monoisotopic (exact) mass is 303 g/mol. The van der Waals surface area contributed by atoms with Crippen LogP contribution in [0.4, 0.5) is 0 Å². The molecule has 6 heteroatoms. The molecule has 2 rings (SSSR count). The average Bonchev–Trinajstić information content (AvgIpc) is 2.58. The van der Waals surface area contributed by atoms with Crippen LogP contribution in [-0.4, -0.2) is 33.9 Å². The van der Waals surface area contributed by atoms with Gasteiger partial charge in [0.25, 0.3) is 0 Å². The Morgan fingerprint density at radius 1 is 1.16 bits per heavy atom. The SMILES string of the molecule is Cc1nc(-c2ccccc2)n(O)c1CN(C)C.Cl.Cl. The molecule has 1 aromatic carbocycles. The van der Waals surface area contributed by atoms with E-state index in [-0.39, 0.29) is 24.8 Å². The zero-order valence-corrected chi connectivity index (χ0v) is 12.8. The summed E-state index contributed by atoms with van der Waals surface area (Å²) in [5.41, 5.74) is 2.61. The minimum Gasteiger partial charge on any atom is -0.427 e. The second kappa shape index (κ2) is 7.38. The highest BCUT2D eigenvalue weighted by Crippen LogP contribution is 2.21. The van der Waals surface area contributed by atoms with Crippen LogP contribution in [-0.2, 0) is 6.54 Å². The molecule has 1 aromatic heterocycles. The van der Waals surface area contributed by atoms with Crippen molar-refractivity contribution in [3.63, 3.8) is 0 Å². The van der Waals surface area contributed by atoms with Gasteiger partial charge in [-0.05, 0) is 21.0 Å². The van der Waals surface area contributed by atoms with E-state index in [1.165, 1.54) is 4.73 Å². The predicted octanol–water partition coefficient (Wildman–Crippen LogP) is 3.00. The second-order valence-corrected chi connectivity index (χ2v) is 4.38. The first kappa shape index (κ1) is 17.8. The zero-order valence-electron chi connectivity index (χ0n) is 11.2. The number of rotatable bonds is 3. The first-order chi connectivity index (χ1) is 8.09. The fraction of sp³-hybridized carbons (Fsp3) is 0.308. The first-order valence-corrected chi connectivity index (χ1v) is 5.57. The standard InChI is InChI=1S/C13H17N3O.2ClH/c1-10-12(9-15(2)3)16(17)13(14-10)11-7-5-4-6-8-11;;/h4-8,17H,9H2,1-3H3;2*1H. The van der Waals surface area contributed by atoms with Crippen molar-refractivity contribution in [2.75, 3.05) is 14.1 Å². The Kier molecular flexibility index (Phi) is 6.90. The molecule has 0 fully saturated rings. The van der Waals surface area contributed by atoms with E-state index in [1.807, 2.05) is 56.3 Å². The van der Waals surface area contributed by atoms with Crippen molar-refractivity contribution >= 4 is 24.8 Å². The van der Waals surface area contributed by atoms with Crippen LogP contribution in [0, 0.1) is 6.92 Å². The number of nitrogens with zero attached hydrogens (tertiary/aromatic N) is 3. The van der Waals surface area contributed by atoms with Crippen LogP contribution in [0.15, 0.2) is 30.3 Å². The van der Waals surface area contributed by atoms with Gasteiger partial charge in [0.2, 0.25) is 0 Å². The third-order valence-electron chi connectivity index (χ3n) is 2.65. The maximum absolute atomic E-state index is 10.1. The van der Waals surface area contributed by atoms with Gasteiger partial charge in [-0.25, -0.2) is 4.98 Å². The Hall–Kier alpha value is -1.23. The quantitative estimate of drug-likeness (QED) is 0.886. The highest BCUT2D eigenvalue weighted by atomic mass is 35.5. The van der Waals surface area contributed by atoms with Gasteiger partial charge in [0.05, 0.1) is 11.4 Å². The summed E-state index contributed by atoms with van der Waals surface area (Å²) in [6, 6.07) is 9.69. The number of hydrogen-bond acceptors (Lipinski definition) is 3. The van der Waals surface area contributed by atoms with Crippen molar-refractivity contribution in [3.05, 3.63) is 41.7 Å². The lowest BCUT2D eigenvalue weighted by Crippen LogP contribution is -2.14. The number of benzene rings is 1. The normalized spacial score (nSPS) is 9.89. The molecule has 2 aromatic rings. The maximum atomic E-state index is 10.1. The molecule has 1 N–H and O–H groups in total. The van der Waals surface area contributed by atoms with Crippen LogP contribution >= 0.6 is 24.8 Å². The van der Waals surface area contributed by atoms with E-state index in [0.29, 0.717) is 12.4 Å². The van der Waals surface area contributed by atoms with E-state index in [4.69, 9.17) is 0 Å². The maximum Gasteiger partial charge on any atom is 0.175 e. The highest BCUT2D eigenvalue weighted by molar-refractivity contribution is 5.85. The van der Waals surface area contributed by atoms with E-state index < -0.39 is 0 Å². The molecule has 0 saturated heterocycles. The van der Waals surface area contributed by atoms with Crippen molar-refractivity contribution in [2.24, 2.45) is 0 Å². The number of aromatic nitrogens is 2. The largest absolute Gasteiger partial charge is 0.427 e. The fourth-order valence-corrected chi connectivity index (χ4v) is 1.81. The summed E-state index contributed by atoms with van der Waals surface area (Å²) in [5.74, 6) is 0.597. The van der Waals surface area contributed by atoms with Gasteiger partial charge in [-0.15, -0.1) is 24.8 Å². The minimum absolute atomic E-state index is 0. The third-order valence-corrected chi connectivity index (χ3v) is 2.65. The van der Waals surface area contributed by atoms with E-state index >= 15 is 0 Å². The van der Waals surface area contributed by atoms with Gasteiger partial charge in [0.15, 0.2) is 5.82 Å². The average molecular weight is 304 g/mol. The molecule has 19 heavy (non-hydrogen) atoms. The first-order valence-electron chi connectivity index (χ1n) is 5.57. The Morgan fingerprint density at radius 3 is 2.26 bits per heavy atom. The lowest BCUT2D eigenvalue weighted by molar-refractivity contribution is 0.172. The van der Waals surface area contributed by atoms with E-state index in [0.717, 1.165) is 17.0 Å². The number of halogens is 2. The Balaban J connectivity index is 0.00000162. The Labute approximate surface area is 125 Å². The number of hydrogen-bond donors (Lipinski definition) is 1. The summed E-state index contributed by atoms with van der Waals surface area (Å²) >= 11 is 0. The summed E-state index contributed by atoms with van der Waals surface area (Å²) in [6.45, 7) is 2.58. The third kappa shape index (κ3) is 3.86. The predicted molar refractivity (Wildman–Crippen MR) is 81.5 cm³/mol. The van der Waals surface area contributed by atoms with Gasteiger partial charge in [-0.3, -0.25) is 0 Å². The smallest absolute Gasteiger partial charge is 0.175 e. The highest BCUT2D eigenvalue weighted by Gasteiger charge is 2.15. The van der Waals surface area contributed by atoms with E-state index in [9.17, 15) is 5.21 Å². The second-order valence-electron chi connectivity index (χ2n) is 4.38. The summed E-state index contributed by atoms with van der Waals surface area (Å²) in [7, 11) is 3.93. The molecule has 0 radical (unpaired) electrons. The van der Waals surface area contributed by atoms with E-state index in [2.05, 4.69) is 4.98 Å². The molecule has 4 nitrogen and oxygen atoms in total. The summed E-state index contributed by atoms with van der Waals surface area (Å²) in [6.07, 6.45) is 0. The Bertz CT molecular complexity index is 512. The molecule has 0 aliphatic heterocycles. The van der Waals surface area contributed by atoms with Crippen molar-refractivity contribution in [1.29, 1.82) is 0 Å². The molecule has 1 heterocycles. The summed E-state index contributed by atoms with van der Waals surface area (Å²) < 4.78 is 1.19. The molecule has 0 bridgehead atoms. The lowest BCUT2D eigenvalue weighted by Gasteiger charge is -2.10. The molecular formula is C13H19Cl2N3O. The number of aryl methyl sites for hydroxylation is 1. The van der Waals surface area contributed by atoms with Crippen molar-refractivity contribution in [3.8, 4) is 11.4 Å². The molecule has 0 aliphatic rings. The molecule has 0 amide bonds. The van der Waals surface area contributed by atoms with Gasteiger partial charge in [0.1, 0.15) is 0 Å². The van der Waals surface area contributed by atoms with Gasteiger partial charge >= 0.3 is 0 Å². The molecule has 0 atom stereocenters. The van der Waals surface area contributed by atoms with Crippen molar-refractivity contribution in [2.45, 2.75) is 13.5 Å². The van der Waals surface area contributed by atoms with Crippen LogP contribution in [0.3, 0.4) is 0 Å². The molecular weight excluding hydrogens is 285 g/mol.